The van der Waals surface area contributed by atoms with Crippen molar-refractivity contribution in [3.05, 3.63) is 102 Å². The first-order valence-electron chi connectivity index (χ1n) is 7.22. The summed E-state index contributed by atoms with van der Waals surface area (Å²) in [5.41, 5.74) is 2.48. The number of ether oxygens (including phenoxy) is 1. The fourth-order valence-electron chi connectivity index (χ4n) is 2.39. The van der Waals surface area contributed by atoms with Crippen LogP contribution >= 0.6 is 0 Å². The molecule has 0 amide bonds. The molecule has 3 aromatic rings. The minimum Gasteiger partial charge on any atom is -0.485 e. The van der Waals surface area contributed by atoms with E-state index in [1.54, 1.807) is 0 Å². The second-order valence-electron chi connectivity index (χ2n) is 5.02. The standard InChI is InChI=1S/C20H18O/c1-4-10-17(11-5-1)16-20(18-12-6-2-7-13-18)21-19-14-8-3-9-15-19/h1-15,20H,16H2. The highest BCUT2D eigenvalue weighted by Crippen LogP contribution is 2.25. The third-order valence-corrected chi connectivity index (χ3v) is 3.46. The Balaban J connectivity index is 1.84. The third kappa shape index (κ3) is 3.73. The zero-order chi connectivity index (χ0) is 14.3. The predicted octanol–water partition coefficient (Wildman–Crippen LogP) is 5.05. The Hall–Kier alpha value is -2.54. The smallest absolute Gasteiger partial charge is 0.128 e. The Morgan fingerprint density at radius 2 is 1.14 bits per heavy atom. The Bertz CT molecular complexity index is 606. The second kappa shape index (κ2) is 6.76. The summed E-state index contributed by atoms with van der Waals surface area (Å²) in [6.45, 7) is 0. The molecule has 0 heterocycles. The molecule has 0 aliphatic rings. The highest BCUT2D eigenvalue weighted by atomic mass is 16.5. The summed E-state index contributed by atoms with van der Waals surface area (Å²) in [4.78, 5) is 0. The number of para-hydroxylation sites is 1. The van der Waals surface area contributed by atoms with Crippen LogP contribution in [0.25, 0.3) is 0 Å². The lowest BCUT2D eigenvalue weighted by Gasteiger charge is -2.20. The van der Waals surface area contributed by atoms with Crippen LogP contribution in [-0.4, -0.2) is 0 Å². The van der Waals surface area contributed by atoms with Gasteiger partial charge in [0.2, 0.25) is 0 Å². The number of hydrogen-bond acceptors (Lipinski definition) is 1. The lowest BCUT2D eigenvalue weighted by atomic mass is 10.0. The number of rotatable bonds is 5. The van der Waals surface area contributed by atoms with E-state index in [2.05, 4.69) is 48.5 Å². The summed E-state index contributed by atoms with van der Waals surface area (Å²) in [6, 6.07) is 30.9. The SMILES string of the molecule is c1ccc(CC(Oc2ccccc2)c2ccccc2)cc1. The van der Waals surface area contributed by atoms with E-state index < -0.39 is 0 Å². The maximum absolute atomic E-state index is 6.20. The van der Waals surface area contributed by atoms with Gasteiger partial charge < -0.3 is 4.74 Å². The van der Waals surface area contributed by atoms with Crippen molar-refractivity contribution < 1.29 is 4.74 Å². The van der Waals surface area contributed by atoms with Gasteiger partial charge in [0, 0.05) is 6.42 Å². The van der Waals surface area contributed by atoms with Gasteiger partial charge in [-0.05, 0) is 23.3 Å². The maximum Gasteiger partial charge on any atom is 0.128 e. The fraction of sp³-hybridized carbons (Fsp3) is 0.100. The van der Waals surface area contributed by atoms with Crippen LogP contribution < -0.4 is 4.74 Å². The number of benzene rings is 3. The highest BCUT2D eigenvalue weighted by molar-refractivity contribution is 5.26. The van der Waals surface area contributed by atoms with Gasteiger partial charge >= 0.3 is 0 Å². The van der Waals surface area contributed by atoms with Gasteiger partial charge in [-0.25, -0.2) is 0 Å². The van der Waals surface area contributed by atoms with Crippen LogP contribution in [0.5, 0.6) is 5.75 Å². The molecule has 0 bridgehead atoms. The van der Waals surface area contributed by atoms with Crippen molar-refractivity contribution in [3.8, 4) is 5.75 Å². The monoisotopic (exact) mass is 274 g/mol. The molecule has 3 rings (SSSR count). The largest absolute Gasteiger partial charge is 0.485 e. The molecule has 1 nitrogen and oxygen atoms in total. The van der Waals surface area contributed by atoms with Crippen LogP contribution in [0, 0.1) is 0 Å². The minimum absolute atomic E-state index is 0.0241. The van der Waals surface area contributed by atoms with Gasteiger partial charge in [0.25, 0.3) is 0 Å². The summed E-state index contributed by atoms with van der Waals surface area (Å²) in [5, 5.41) is 0. The third-order valence-electron chi connectivity index (χ3n) is 3.46. The summed E-state index contributed by atoms with van der Waals surface area (Å²) in [6.07, 6.45) is 0.885. The maximum atomic E-state index is 6.20. The second-order valence-corrected chi connectivity index (χ2v) is 5.02. The van der Waals surface area contributed by atoms with Gasteiger partial charge in [0.1, 0.15) is 11.9 Å². The molecule has 0 aliphatic heterocycles. The van der Waals surface area contributed by atoms with Crippen LogP contribution in [0.2, 0.25) is 0 Å². The van der Waals surface area contributed by atoms with Gasteiger partial charge in [0.15, 0.2) is 0 Å². The highest BCUT2D eigenvalue weighted by Gasteiger charge is 2.13. The van der Waals surface area contributed by atoms with E-state index in [-0.39, 0.29) is 6.10 Å². The molecule has 1 heteroatoms. The van der Waals surface area contributed by atoms with Gasteiger partial charge in [0.05, 0.1) is 0 Å². The van der Waals surface area contributed by atoms with Crippen molar-refractivity contribution >= 4 is 0 Å². The Morgan fingerprint density at radius 1 is 0.619 bits per heavy atom. The molecule has 0 N–H and O–H groups in total. The van der Waals surface area contributed by atoms with Crippen LogP contribution in [0.1, 0.15) is 17.2 Å². The van der Waals surface area contributed by atoms with Crippen molar-refractivity contribution in [2.45, 2.75) is 12.5 Å². The molecule has 1 atom stereocenters. The molecule has 21 heavy (non-hydrogen) atoms. The van der Waals surface area contributed by atoms with E-state index >= 15 is 0 Å². The van der Waals surface area contributed by atoms with E-state index in [0.717, 1.165) is 12.2 Å². The van der Waals surface area contributed by atoms with Gasteiger partial charge in [-0.1, -0.05) is 78.9 Å². The zero-order valence-corrected chi connectivity index (χ0v) is 11.9. The lowest BCUT2D eigenvalue weighted by Crippen LogP contribution is -2.10. The molecule has 0 aliphatic carbocycles. The summed E-state index contributed by atoms with van der Waals surface area (Å²) in [7, 11) is 0. The van der Waals surface area contributed by atoms with Gasteiger partial charge in [-0.3, -0.25) is 0 Å². The van der Waals surface area contributed by atoms with Crippen molar-refractivity contribution in [2.24, 2.45) is 0 Å². The average molecular weight is 274 g/mol. The van der Waals surface area contributed by atoms with Crippen LogP contribution in [-0.2, 0) is 6.42 Å². The van der Waals surface area contributed by atoms with Crippen molar-refractivity contribution in [1.82, 2.24) is 0 Å². The van der Waals surface area contributed by atoms with Crippen LogP contribution in [0.3, 0.4) is 0 Å². The molecule has 1 unspecified atom stereocenters. The topological polar surface area (TPSA) is 9.23 Å². The fourth-order valence-corrected chi connectivity index (χ4v) is 2.39. The molecule has 0 radical (unpaired) electrons. The molecule has 0 saturated heterocycles. The zero-order valence-electron chi connectivity index (χ0n) is 11.9. The first-order valence-corrected chi connectivity index (χ1v) is 7.22. The first kappa shape index (κ1) is 13.4. The van der Waals surface area contributed by atoms with Crippen molar-refractivity contribution in [1.29, 1.82) is 0 Å². The van der Waals surface area contributed by atoms with E-state index in [1.165, 1.54) is 11.1 Å². The van der Waals surface area contributed by atoms with E-state index in [1.807, 2.05) is 42.5 Å². The van der Waals surface area contributed by atoms with Gasteiger partial charge in [-0.2, -0.15) is 0 Å². The minimum atomic E-state index is 0.0241. The van der Waals surface area contributed by atoms with E-state index in [9.17, 15) is 0 Å². The van der Waals surface area contributed by atoms with Crippen molar-refractivity contribution in [3.63, 3.8) is 0 Å². The Kier molecular flexibility index (Phi) is 4.33. The molecular weight excluding hydrogens is 256 g/mol. The van der Waals surface area contributed by atoms with E-state index in [4.69, 9.17) is 4.74 Å². The summed E-state index contributed by atoms with van der Waals surface area (Å²) in [5.74, 6) is 0.905. The first-order chi connectivity index (χ1) is 10.4. The van der Waals surface area contributed by atoms with Crippen molar-refractivity contribution in [2.75, 3.05) is 0 Å². The van der Waals surface area contributed by atoms with Gasteiger partial charge in [-0.15, -0.1) is 0 Å². The Morgan fingerprint density at radius 3 is 1.76 bits per heavy atom. The molecular formula is C20H18O. The molecule has 0 spiro atoms. The summed E-state index contributed by atoms with van der Waals surface area (Å²) >= 11 is 0. The van der Waals surface area contributed by atoms with E-state index in [0.29, 0.717) is 0 Å². The molecule has 0 saturated carbocycles. The quantitative estimate of drug-likeness (QED) is 0.632. The van der Waals surface area contributed by atoms with Crippen LogP contribution in [0.4, 0.5) is 0 Å². The molecule has 3 aromatic carbocycles. The normalized spacial score (nSPS) is 11.8. The summed E-state index contributed by atoms with van der Waals surface area (Å²) < 4.78 is 6.20. The van der Waals surface area contributed by atoms with Crippen LogP contribution in [0.15, 0.2) is 91.0 Å². The predicted molar refractivity (Wildman–Crippen MR) is 86.4 cm³/mol. The Labute approximate surface area is 125 Å². The molecule has 0 fully saturated rings. The average Bonchev–Trinajstić information content (AvgIpc) is 2.57. The molecule has 104 valence electrons. The lowest BCUT2D eigenvalue weighted by molar-refractivity contribution is 0.206. The number of hydrogen-bond donors (Lipinski definition) is 0. The molecule has 0 aromatic heterocycles.